The lowest BCUT2D eigenvalue weighted by atomic mass is 10.1. The molecule has 3 aromatic rings. The Kier molecular flexibility index (Phi) is 4.76. The van der Waals surface area contributed by atoms with Gasteiger partial charge in [0.2, 0.25) is 5.43 Å². The zero-order valence-electron chi connectivity index (χ0n) is 14.0. The van der Waals surface area contributed by atoms with E-state index in [0.717, 1.165) is 12.1 Å². The highest BCUT2D eigenvalue weighted by molar-refractivity contribution is 5.97. The van der Waals surface area contributed by atoms with Gasteiger partial charge in [-0.15, -0.1) is 0 Å². The Hall–Kier alpha value is -3.49. The van der Waals surface area contributed by atoms with Crippen molar-refractivity contribution in [2.24, 2.45) is 12.1 Å². The molecule has 3 rings (SSSR count). The lowest BCUT2D eigenvalue weighted by molar-refractivity contribution is -0.137. The number of rotatable bonds is 3. The number of aromatic nitrogens is 2. The van der Waals surface area contributed by atoms with Gasteiger partial charge in [0.15, 0.2) is 0 Å². The van der Waals surface area contributed by atoms with Crippen LogP contribution in [0.15, 0.2) is 58.7 Å². The van der Waals surface area contributed by atoms with Gasteiger partial charge in [0.05, 0.1) is 23.0 Å². The number of pyridine rings is 2. The van der Waals surface area contributed by atoms with Crippen LogP contribution >= 0.6 is 0 Å². The second-order valence-electron chi connectivity index (χ2n) is 5.67. The van der Waals surface area contributed by atoms with Gasteiger partial charge in [-0.3, -0.25) is 14.6 Å². The van der Waals surface area contributed by atoms with Gasteiger partial charge in [-0.25, -0.2) is 5.43 Å². The molecule has 0 bridgehead atoms. The van der Waals surface area contributed by atoms with Crippen molar-refractivity contribution in [1.29, 1.82) is 0 Å². The van der Waals surface area contributed by atoms with Crippen molar-refractivity contribution in [3.05, 3.63) is 75.8 Å². The predicted molar refractivity (Wildman–Crippen MR) is 93.5 cm³/mol. The number of hydrogen-bond donors (Lipinski definition) is 1. The van der Waals surface area contributed by atoms with E-state index in [4.69, 9.17) is 0 Å². The third kappa shape index (κ3) is 3.86. The van der Waals surface area contributed by atoms with Crippen LogP contribution in [0.2, 0.25) is 0 Å². The van der Waals surface area contributed by atoms with Crippen LogP contribution in [0.5, 0.6) is 0 Å². The lowest BCUT2D eigenvalue weighted by Crippen LogP contribution is -2.26. The first-order valence-corrected chi connectivity index (χ1v) is 7.72. The van der Waals surface area contributed by atoms with Crippen LogP contribution in [0.1, 0.15) is 21.6 Å². The van der Waals surface area contributed by atoms with E-state index in [0.29, 0.717) is 5.69 Å². The van der Waals surface area contributed by atoms with E-state index >= 15 is 0 Å². The molecule has 0 saturated heterocycles. The van der Waals surface area contributed by atoms with Gasteiger partial charge >= 0.3 is 6.18 Å². The normalized spacial score (nSPS) is 11.9. The summed E-state index contributed by atoms with van der Waals surface area (Å²) in [5.41, 5.74) is 0.861. The Balaban J connectivity index is 1.96. The van der Waals surface area contributed by atoms with Crippen LogP contribution in [0.3, 0.4) is 0 Å². The number of alkyl halides is 3. The standard InChI is InChI=1S/C18H13F3N4O2/c1-25-10-14(17(27)24-23-9-12-4-2-3-7-22-12)16(26)13-8-11(18(19,20)21)5-6-15(13)25/h2-10H,1H3,(H,24,27)/b23-9-. The maximum atomic E-state index is 12.9. The van der Waals surface area contributed by atoms with Crippen molar-refractivity contribution in [2.45, 2.75) is 6.18 Å². The molecule has 138 valence electrons. The molecule has 1 N–H and O–H groups in total. The molecule has 9 heteroatoms. The topological polar surface area (TPSA) is 76.3 Å². The molecule has 1 aromatic carbocycles. The second kappa shape index (κ2) is 7.02. The minimum atomic E-state index is -4.59. The number of aryl methyl sites for hydroxylation is 1. The zero-order chi connectivity index (χ0) is 19.6. The first kappa shape index (κ1) is 18.3. The summed E-state index contributed by atoms with van der Waals surface area (Å²) < 4.78 is 40.2. The molecule has 1 amide bonds. The second-order valence-corrected chi connectivity index (χ2v) is 5.67. The summed E-state index contributed by atoms with van der Waals surface area (Å²) in [5, 5.41) is 3.51. The highest BCUT2D eigenvalue weighted by Gasteiger charge is 2.31. The number of nitrogens with zero attached hydrogens (tertiary/aromatic N) is 3. The summed E-state index contributed by atoms with van der Waals surface area (Å²) in [7, 11) is 1.53. The largest absolute Gasteiger partial charge is 0.416 e. The molecule has 0 spiro atoms. The molecular weight excluding hydrogens is 361 g/mol. The van der Waals surface area contributed by atoms with Crippen molar-refractivity contribution in [1.82, 2.24) is 15.0 Å². The number of hydrazone groups is 1. The highest BCUT2D eigenvalue weighted by atomic mass is 19.4. The quantitative estimate of drug-likeness (QED) is 0.566. The summed E-state index contributed by atoms with van der Waals surface area (Å²) in [6, 6.07) is 7.92. The van der Waals surface area contributed by atoms with Gasteiger partial charge in [0.1, 0.15) is 5.56 Å². The Bertz CT molecular complexity index is 1090. The predicted octanol–water partition coefficient (Wildman–Crippen LogP) is 2.72. The van der Waals surface area contributed by atoms with E-state index in [2.05, 4.69) is 15.5 Å². The molecule has 0 unspecified atom stereocenters. The smallest absolute Gasteiger partial charge is 0.350 e. The SMILES string of the molecule is Cn1cc(C(=O)N/N=C\c2ccccn2)c(=O)c2cc(C(F)(F)F)ccc21. The molecule has 2 aromatic heterocycles. The van der Waals surface area contributed by atoms with Crippen molar-refractivity contribution >= 4 is 23.0 Å². The van der Waals surface area contributed by atoms with Gasteiger partial charge in [-0.2, -0.15) is 18.3 Å². The van der Waals surface area contributed by atoms with Crippen LogP contribution in [0.4, 0.5) is 13.2 Å². The summed E-state index contributed by atoms with van der Waals surface area (Å²) >= 11 is 0. The number of carbonyl (C=O) groups excluding carboxylic acids is 1. The third-order valence-corrected chi connectivity index (χ3v) is 3.81. The van der Waals surface area contributed by atoms with E-state index in [1.807, 2.05) is 0 Å². The van der Waals surface area contributed by atoms with E-state index in [9.17, 15) is 22.8 Å². The van der Waals surface area contributed by atoms with Gasteiger partial charge in [-0.1, -0.05) is 6.07 Å². The molecule has 27 heavy (non-hydrogen) atoms. The van der Waals surface area contributed by atoms with Crippen molar-refractivity contribution in [2.75, 3.05) is 0 Å². The summed E-state index contributed by atoms with van der Waals surface area (Å²) in [6.45, 7) is 0. The van der Waals surface area contributed by atoms with Gasteiger partial charge in [0, 0.05) is 24.8 Å². The van der Waals surface area contributed by atoms with Crippen LogP contribution in [0.25, 0.3) is 10.9 Å². The van der Waals surface area contributed by atoms with Crippen LogP contribution in [0, 0.1) is 0 Å². The Labute approximate surface area is 151 Å². The fourth-order valence-corrected chi connectivity index (χ4v) is 2.50. The van der Waals surface area contributed by atoms with Gasteiger partial charge in [-0.05, 0) is 30.3 Å². The van der Waals surface area contributed by atoms with Crippen LogP contribution < -0.4 is 10.9 Å². The third-order valence-electron chi connectivity index (χ3n) is 3.81. The monoisotopic (exact) mass is 374 g/mol. The minimum absolute atomic E-state index is 0.200. The van der Waals surface area contributed by atoms with Crippen molar-refractivity contribution in [3.63, 3.8) is 0 Å². The lowest BCUT2D eigenvalue weighted by Gasteiger charge is -2.11. The Morgan fingerprint density at radius 1 is 1.26 bits per heavy atom. The fraction of sp³-hybridized carbons (Fsp3) is 0.111. The van der Waals surface area contributed by atoms with E-state index in [1.165, 1.54) is 30.1 Å². The summed E-state index contributed by atoms with van der Waals surface area (Å²) in [6.07, 6.45) is -0.514. The average Bonchev–Trinajstić information content (AvgIpc) is 2.64. The fourth-order valence-electron chi connectivity index (χ4n) is 2.50. The van der Waals surface area contributed by atoms with Crippen molar-refractivity contribution in [3.8, 4) is 0 Å². The highest BCUT2D eigenvalue weighted by Crippen LogP contribution is 2.30. The van der Waals surface area contributed by atoms with Crippen LogP contribution in [-0.2, 0) is 13.2 Å². The number of hydrogen-bond acceptors (Lipinski definition) is 4. The Morgan fingerprint density at radius 3 is 2.70 bits per heavy atom. The number of nitrogens with one attached hydrogen (secondary N) is 1. The maximum absolute atomic E-state index is 12.9. The average molecular weight is 374 g/mol. The Morgan fingerprint density at radius 2 is 2.04 bits per heavy atom. The van der Waals surface area contributed by atoms with E-state index in [-0.39, 0.29) is 16.5 Å². The maximum Gasteiger partial charge on any atom is 0.416 e. The number of carbonyl (C=O) groups is 1. The first-order chi connectivity index (χ1) is 12.8. The molecule has 0 aliphatic rings. The minimum Gasteiger partial charge on any atom is -0.350 e. The summed E-state index contributed by atoms with van der Waals surface area (Å²) in [5.74, 6) is -0.831. The van der Waals surface area contributed by atoms with E-state index in [1.54, 1.807) is 24.4 Å². The van der Waals surface area contributed by atoms with E-state index < -0.39 is 23.1 Å². The number of fused-ring (bicyclic) bond motifs is 1. The van der Waals surface area contributed by atoms with Crippen LogP contribution in [-0.4, -0.2) is 21.7 Å². The zero-order valence-corrected chi connectivity index (χ0v) is 14.0. The molecule has 0 aliphatic carbocycles. The molecule has 0 atom stereocenters. The van der Waals surface area contributed by atoms with Crippen molar-refractivity contribution < 1.29 is 18.0 Å². The molecule has 0 radical (unpaired) electrons. The molecular formula is C18H13F3N4O2. The van der Waals surface area contributed by atoms with Gasteiger partial charge in [0.25, 0.3) is 5.91 Å². The summed E-state index contributed by atoms with van der Waals surface area (Å²) in [4.78, 5) is 28.8. The first-order valence-electron chi connectivity index (χ1n) is 7.72. The molecule has 2 heterocycles. The molecule has 0 aliphatic heterocycles. The number of halogens is 3. The number of benzene rings is 1. The van der Waals surface area contributed by atoms with Gasteiger partial charge < -0.3 is 4.57 Å². The molecule has 0 saturated carbocycles. The molecule has 6 nitrogen and oxygen atoms in total. The molecule has 0 fully saturated rings. The number of amides is 1.